The zero-order valence-electron chi connectivity index (χ0n) is 18.2. The minimum atomic E-state index is -0.405. The van der Waals surface area contributed by atoms with Crippen molar-refractivity contribution in [3.63, 3.8) is 0 Å². The number of anilines is 1. The number of carbonyl (C=O) groups excluding carboxylic acids is 1. The lowest BCUT2D eigenvalue weighted by molar-refractivity contribution is 0.0944. The second-order valence-corrected chi connectivity index (χ2v) is 7.18. The lowest BCUT2D eigenvalue weighted by atomic mass is 10.1. The summed E-state index contributed by atoms with van der Waals surface area (Å²) in [4.78, 5) is 21.6. The van der Waals surface area contributed by atoms with Crippen LogP contribution in [-0.2, 0) is 17.7 Å². The van der Waals surface area contributed by atoms with Crippen molar-refractivity contribution in [2.45, 2.75) is 19.9 Å². The van der Waals surface area contributed by atoms with Crippen LogP contribution in [-0.4, -0.2) is 48.6 Å². The molecule has 0 fully saturated rings. The van der Waals surface area contributed by atoms with Gasteiger partial charge >= 0.3 is 6.02 Å². The van der Waals surface area contributed by atoms with E-state index in [2.05, 4.69) is 20.7 Å². The van der Waals surface area contributed by atoms with Gasteiger partial charge in [-0.25, -0.2) is 14.4 Å². The average molecular weight is 440 g/mol. The summed E-state index contributed by atoms with van der Waals surface area (Å²) >= 11 is 0. The number of hydrogen-bond donors (Lipinski definition) is 2. The minimum Gasteiger partial charge on any atom is -0.497 e. The van der Waals surface area contributed by atoms with E-state index >= 15 is 0 Å². The van der Waals surface area contributed by atoms with Crippen molar-refractivity contribution in [3.8, 4) is 5.75 Å². The minimum absolute atomic E-state index is 0.181. The fraction of sp³-hybridized carbons (Fsp3) is 0.318. The third-order valence-electron chi connectivity index (χ3n) is 5.21. The number of aromatic nitrogens is 2. The molecule has 4 rings (SSSR count). The van der Waals surface area contributed by atoms with Crippen molar-refractivity contribution in [2.24, 2.45) is 4.99 Å². The fourth-order valence-corrected chi connectivity index (χ4v) is 3.58. The highest BCUT2D eigenvalue weighted by molar-refractivity contribution is 5.94. The number of ether oxygens (including phenoxy) is 2. The Labute approximate surface area is 184 Å². The van der Waals surface area contributed by atoms with Gasteiger partial charge in [0.15, 0.2) is 0 Å². The van der Waals surface area contributed by atoms with E-state index in [0.717, 1.165) is 0 Å². The van der Waals surface area contributed by atoms with Gasteiger partial charge in [0.05, 0.1) is 38.7 Å². The van der Waals surface area contributed by atoms with E-state index in [1.807, 2.05) is 6.92 Å². The first-order valence-electron chi connectivity index (χ1n) is 10.3. The van der Waals surface area contributed by atoms with Gasteiger partial charge in [-0.2, -0.15) is 0 Å². The van der Waals surface area contributed by atoms with Gasteiger partial charge in [0.1, 0.15) is 22.9 Å². The molecule has 0 bridgehead atoms. The number of benzene rings is 1. The third-order valence-corrected chi connectivity index (χ3v) is 5.21. The molecule has 3 aromatic rings. The first kappa shape index (κ1) is 21.4. The molecular formula is C22H25FN6O3. The van der Waals surface area contributed by atoms with Crippen LogP contribution < -0.4 is 20.5 Å². The Morgan fingerprint density at radius 3 is 2.81 bits per heavy atom. The number of amides is 1. The Balaban J connectivity index is 1.49. The van der Waals surface area contributed by atoms with Gasteiger partial charge < -0.3 is 14.8 Å². The van der Waals surface area contributed by atoms with Gasteiger partial charge in [-0.3, -0.25) is 19.6 Å². The monoisotopic (exact) mass is 440 g/mol. The number of pyridine rings is 1. The van der Waals surface area contributed by atoms with E-state index < -0.39 is 5.82 Å². The van der Waals surface area contributed by atoms with Crippen LogP contribution in [0.5, 0.6) is 5.75 Å². The summed E-state index contributed by atoms with van der Waals surface area (Å²) in [5.41, 5.74) is 5.73. The molecule has 168 valence electrons. The van der Waals surface area contributed by atoms with Gasteiger partial charge in [0, 0.05) is 18.8 Å². The topological polar surface area (TPSA) is 92.5 Å². The highest BCUT2D eigenvalue weighted by atomic mass is 19.1. The third kappa shape index (κ3) is 4.16. The van der Waals surface area contributed by atoms with E-state index in [-0.39, 0.29) is 12.5 Å². The Hall–Kier alpha value is -3.82. The zero-order chi connectivity index (χ0) is 22.7. The van der Waals surface area contributed by atoms with Crippen molar-refractivity contribution in [1.29, 1.82) is 0 Å². The van der Waals surface area contributed by atoms with Crippen molar-refractivity contribution < 1.29 is 18.7 Å². The highest BCUT2D eigenvalue weighted by Crippen LogP contribution is 2.21. The van der Waals surface area contributed by atoms with Crippen LogP contribution in [0.4, 0.5) is 10.1 Å². The largest absolute Gasteiger partial charge is 0.497 e. The number of imidazole rings is 1. The van der Waals surface area contributed by atoms with Crippen LogP contribution in [0, 0.1) is 5.82 Å². The van der Waals surface area contributed by atoms with Gasteiger partial charge in [-0.05, 0) is 30.2 Å². The van der Waals surface area contributed by atoms with Gasteiger partial charge in [0.25, 0.3) is 5.91 Å². The molecule has 0 saturated carbocycles. The molecule has 1 amide bonds. The van der Waals surface area contributed by atoms with E-state index in [4.69, 9.17) is 9.47 Å². The number of hydrogen-bond acceptors (Lipinski definition) is 7. The number of carbonyl (C=O) groups is 1. The molecule has 0 aliphatic carbocycles. The second-order valence-electron chi connectivity index (χ2n) is 7.18. The molecule has 2 aromatic heterocycles. The molecule has 1 aliphatic rings. The average Bonchev–Trinajstić information content (AvgIpc) is 3.20. The molecule has 1 aromatic carbocycles. The number of nitrogens with one attached hydrogen (secondary N) is 2. The molecule has 0 atom stereocenters. The molecular weight excluding hydrogens is 415 g/mol. The second kappa shape index (κ2) is 9.13. The van der Waals surface area contributed by atoms with Crippen molar-refractivity contribution in [3.05, 3.63) is 59.3 Å². The van der Waals surface area contributed by atoms with E-state index in [1.54, 1.807) is 47.0 Å². The molecule has 0 spiro atoms. The fourth-order valence-electron chi connectivity index (χ4n) is 3.58. The smallest absolute Gasteiger partial charge is 0.303 e. The van der Waals surface area contributed by atoms with Crippen LogP contribution in [0.3, 0.4) is 0 Å². The molecule has 10 heteroatoms. The Morgan fingerprint density at radius 2 is 2.09 bits per heavy atom. The molecule has 3 heterocycles. The van der Waals surface area contributed by atoms with Crippen molar-refractivity contribution in [1.82, 2.24) is 20.1 Å². The predicted octanol–water partition coefficient (Wildman–Crippen LogP) is 2.30. The first-order chi connectivity index (χ1) is 15.5. The standard InChI is InChI=1S/C22H25FN6O3/c1-4-17-20(28-9-7-15(31-2)12-19(28)26-17)21(30)25-13-14-5-6-18(16(23)11-14)29-10-8-24-22(27-29)32-3/h5-7,9,11-12H,4,8,10,13H2,1-3H3,(H,24,27)(H,25,30). The number of aryl methyl sites for hydroxylation is 1. The van der Waals surface area contributed by atoms with Gasteiger partial charge in [-0.15, -0.1) is 0 Å². The summed E-state index contributed by atoms with van der Waals surface area (Å²) in [5.74, 6) is -0.0137. The first-order valence-corrected chi connectivity index (χ1v) is 10.3. The lowest BCUT2D eigenvalue weighted by Crippen LogP contribution is -2.48. The summed E-state index contributed by atoms with van der Waals surface area (Å²) in [6, 6.07) is 8.74. The van der Waals surface area contributed by atoms with E-state index in [9.17, 15) is 9.18 Å². The molecule has 9 nitrogen and oxygen atoms in total. The summed E-state index contributed by atoms with van der Waals surface area (Å²) in [5, 5.41) is 4.52. The Kier molecular flexibility index (Phi) is 6.11. The number of rotatable bonds is 6. The number of aliphatic imine (C=N–C) groups is 1. The Bertz CT molecular complexity index is 1180. The number of amidine groups is 1. The maximum absolute atomic E-state index is 14.8. The highest BCUT2D eigenvalue weighted by Gasteiger charge is 2.20. The maximum atomic E-state index is 14.8. The van der Waals surface area contributed by atoms with E-state index in [1.165, 1.54) is 13.2 Å². The predicted molar refractivity (Wildman–Crippen MR) is 118 cm³/mol. The van der Waals surface area contributed by atoms with Gasteiger partial charge in [-0.1, -0.05) is 13.0 Å². The summed E-state index contributed by atoms with van der Waals surface area (Å²) in [7, 11) is 3.08. The Morgan fingerprint density at radius 1 is 1.25 bits per heavy atom. The van der Waals surface area contributed by atoms with Crippen molar-refractivity contribution >= 4 is 23.3 Å². The maximum Gasteiger partial charge on any atom is 0.303 e. The SMILES string of the molecule is CCc1nc2cc(OC)ccn2c1C(=O)NCc1ccc(N2CCN=C(OC)N2)c(F)c1. The quantitative estimate of drug-likeness (QED) is 0.611. The van der Waals surface area contributed by atoms with Crippen LogP contribution in [0.2, 0.25) is 0 Å². The summed E-state index contributed by atoms with van der Waals surface area (Å²) < 4.78 is 26.8. The summed E-state index contributed by atoms with van der Waals surface area (Å²) in [6.45, 7) is 3.14. The number of nitrogens with zero attached hydrogens (tertiary/aromatic N) is 4. The molecule has 2 N–H and O–H groups in total. The summed E-state index contributed by atoms with van der Waals surface area (Å²) in [6.07, 6.45) is 2.36. The lowest BCUT2D eigenvalue weighted by Gasteiger charge is -2.29. The normalized spacial score (nSPS) is 13.5. The number of methoxy groups -OCH3 is 2. The molecule has 0 saturated heterocycles. The molecule has 1 aliphatic heterocycles. The van der Waals surface area contributed by atoms with Crippen LogP contribution in [0.1, 0.15) is 28.7 Å². The number of hydrazine groups is 1. The van der Waals surface area contributed by atoms with Crippen LogP contribution in [0.25, 0.3) is 5.65 Å². The number of fused-ring (bicyclic) bond motifs is 1. The zero-order valence-corrected chi connectivity index (χ0v) is 18.2. The number of halogens is 1. The van der Waals surface area contributed by atoms with Gasteiger partial charge in [0.2, 0.25) is 0 Å². The molecule has 32 heavy (non-hydrogen) atoms. The van der Waals surface area contributed by atoms with Crippen LogP contribution >= 0.6 is 0 Å². The molecule has 0 radical (unpaired) electrons. The van der Waals surface area contributed by atoms with Crippen LogP contribution in [0.15, 0.2) is 41.5 Å². The van der Waals surface area contributed by atoms with Crippen molar-refractivity contribution in [2.75, 3.05) is 32.3 Å². The molecule has 0 unspecified atom stereocenters. The van der Waals surface area contributed by atoms with E-state index in [0.29, 0.717) is 59.6 Å².